The van der Waals surface area contributed by atoms with Crippen molar-refractivity contribution in [2.24, 2.45) is 0 Å². The van der Waals surface area contributed by atoms with Gasteiger partial charge in [0.2, 0.25) is 0 Å². The van der Waals surface area contributed by atoms with E-state index in [9.17, 15) is 14.4 Å². The highest BCUT2D eigenvalue weighted by atomic mass is 32.2. The predicted molar refractivity (Wildman–Crippen MR) is 147 cm³/mol. The minimum atomic E-state index is -0.584. The van der Waals surface area contributed by atoms with E-state index in [4.69, 9.17) is 22.4 Å². The highest BCUT2D eigenvalue weighted by molar-refractivity contribution is 8.18. The minimum Gasteiger partial charge on any atom is -0.457 e. The fourth-order valence-corrected chi connectivity index (χ4v) is 4.61. The molecule has 2 aliphatic heterocycles. The number of benzene rings is 3. The van der Waals surface area contributed by atoms with Gasteiger partial charge in [-0.2, -0.15) is 0 Å². The summed E-state index contributed by atoms with van der Waals surface area (Å²) in [6, 6.07) is 23.1. The lowest BCUT2D eigenvalue weighted by Crippen LogP contribution is -2.54. The maximum absolute atomic E-state index is 13.3. The molecule has 3 N–H and O–H groups in total. The zero-order valence-corrected chi connectivity index (χ0v) is 20.7. The summed E-state index contributed by atoms with van der Waals surface area (Å²) in [7, 11) is 0. The number of amides is 3. The van der Waals surface area contributed by atoms with Gasteiger partial charge in [-0.3, -0.25) is 30.0 Å². The number of nitrogens with one attached hydrogen (secondary N) is 3. The van der Waals surface area contributed by atoms with Crippen LogP contribution >= 0.6 is 24.0 Å². The van der Waals surface area contributed by atoms with E-state index in [1.54, 1.807) is 54.6 Å². The van der Waals surface area contributed by atoms with Gasteiger partial charge in [0.25, 0.3) is 17.7 Å². The van der Waals surface area contributed by atoms with Gasteiger partial charge in [-0.1, -0.05) is 42.5 Å². The van der Waals surface area contributed by atoms with Crippen molar-refractivity contribution in [3.63, 3.8) is 0 Å². The Morgan fingerprint density at radius 2 is 1.41 bits per heavy atom. The molecule has 0 aliphatic carbocycles. The third kappa shape index (κ3) is 5.35. The second kappa shape index (κ2) is 10.2. The number of carbonyl (C=O) groups excluding carboxylic acids is 3. The lowest BCUT2D eigenvalue weighted by atomic mass is 10.1. The Balaban J connectivity index is 1.35. The lowest BCUT2D eigenvalue weighted by Gasteiger charge is -2.29. The standard InChI is InChI=1S/C27H18N4O4S2/c28-26-29-24(33)22(37-26)15-17-8-6-16(7-9-17)14-21-23(32)30-27(36)31(25(21)34)18-10-12-20(13-11-18)35-19-4-2-1-3-5-19/h1-15H,(H2,28,29,33)(H,30,32,36)/b21-14+,22-15-. The monoisotopic (exact) mass is 526 g/mol. The Morgan fingerprint density at radius 3 is 2.03 bits per heavy atom. The van der Waals surface area contributed by atoms with Crippen molar-refractivity contribution in [1.29, 1.82) is 5.41 Å². The number of ether oxygens (including phenoxy) is 1. The summed E-state index contributed by atoms with van der Waals surface area (Å²) in [5, 5.41) is 12.6. The van der Waals surface area contributed by atoms with Crippen LogP contribution in [0.15, 0.2) is 89.3 Å². The van der Waals surface area contributed by atoms with E-state index >= 15 is 0 Å². The van der Waals surface area contributed by atoms with Gasteiger partial charge in [0.15, 0.2) is 10.3 Å². The summed E-state index contributed by atoms with van der Waals surface area (Å²) in [5.74, 6) is -0.177. The molecule has 37 heavy (non-hydrogen) atoms. The Hall–Kier alpha value is -4.54. The second-order valence-electron chi connectivity index (χ2n) is 7.93. The fourth-order valence-electron chi connectivity index (χ4n) is 3.63. The fraction of sp³-hybridized carbons (Fsp3) is 0. The number of carbonyl (C=O) groups is 3. The van der Waals surface area contributed by atoms with Crippen LogP contribution in [0.3, 0.4) is 0 Å². The second-order valence-corrected chi connectivity index (χ2v) is 9.37. The van der Waals surface area contributed by atoms with E-state index in [1.165, 1.54) is 11.0 Å². The molecule has 2 fully saturated rings. The van der Waals surface area contributed by atoms with Crippen molar-refractivity contribution >= 4 is 69.8 Å². The molecule has 0 aromatic heterocycles. The third-order valence-corrected chi connectivity index (χ3v) is 6.50. The van der Waals surface area contributed by atoms with Crippen molar-refractivity contribution in [2.75, 3.05) is 4.90 Å². The first-order chi connectivity index (χ1) is 17.9. The van der Waals surface area contributed by atoms with Crippen LogP contribution in [0, 0.1) is 5.41 Å². The molecule has 8 nitrogen and oxygen atoms in total. The van der Waals surface area contributed by atoms with Crippen LogP contribution in [0.4, 0.5) is 5.69 Å². The number of para-hydroxylation sites is 1. The predicted octanol–water partition coefficient (Wildman–Crippen LogP) is 4.45. The molecule has 3 aromatic rings. The maximum Gasteiger partial charge on any atom is 0.270 e. The number of rotatable bonds is 5. The highest BCUT2D eigenvalue weighted by Gasteiger charge is 2.34. The van der Waals surface area contributed by atoms with Crippen LogP contribution in [0.2, 0.25) is 0 Å². The van der Waals surface area contributed by atoms with E-state index in [2.05, 4.69) is 10.6 Å². The number of thiocarbonyl (C=S) groups is 1. The van der Waals surface area contributed by atoms with Gasteiger partial charge < -0.3 is 10.1 Å². The molecule has 182 valence electrons. The van der Waals surface area contributed by atoms with Crippen LogP contribution in [0.5, 0.6) is 11.5 Å². The molecule has 3 aromatic carbocycles. The summed E-state index contributed by atoms with van der Waals surface area (Å²) < 4.78 is 5.80. The lowest BCUT2D eigenvalue weighted by molar-refractivity contribution is -0.122. The molecule has 0 unspecified atom stereocenters. The molecule has 2 aliphatic rings. The SMILES string of the molecule is N=C1NC(=O)/C(=C/c2ccc(/C=C3\C(=O)NC(=S)N(c4ccc(Oc5ccccc5)cc4)C3=O)cc2)S1. The zero-order chi connectivity index (χ0) is 25.9. The Kier molecular flexibility index (Phi) is 6.67. The van der Waals surface area contributed by atoms with Crippen molar-refractivity contribution in [1.82, 2.24) is 10.6 Å². The molecule has 10 heteroatoms. The number of hydrogen-bond donors (Lipinski definition) is 3. The number of anilines is 1. The van der Waals surface area contributed by atoms with Gasteiger partial charge in [0, 0.05) is 0 Å². The van der Waals surface area contributed by atoms with Gasteiger partial charge in [-0.25, -0.2) is 0 Å². The highest BCUT2D eigenvalue weighted by Crippen LogP contribution is 2.28. The molecular formula is C27H18N4O4S2. The normalized spacial score (nSPS) is 17.8. The zero-order valence-electron chi connectivity index (χ0n) is 19.1. The molecule has 0 saturated carbocycles. The van der Waals surface area contributed by atoms with Crippen LogP contribution < -0.4 is 20.3 Å². The summed E-state index contributed by atoms with van der Waals surface area (Å²) in [4.78, 5) is 39.4. The molecule has 0 bridgehead atoms. The van der Waals surface area contributed by atoms with E-state index in [0.717, 1.165) is 17.3 Å². The van der Waals surface area contributed by atoms with Crippen molar-refractivity contribution in [3.05, 3.63) is 100 Å². The van der Waals surface area contributed by atoms with Crippen molar-refractivity contribution < 1.29 is 19.1 Å². The van der Waals surface area contributed by atoms with Crippen LogP contribution in [0.25, 0.3) is 12.2 Å². The van der Waals surface area contributed by atoms with Gasteiger partial charge in [0.1, 0.15) is 17.1 Å². The summed E-state index contributed by atoms with van der Waals surface area (Å²) >= 11 is 6.33. The largest absolute Gasteiger partial charge is 0.457 e. The molecule has 2 heterocycles. The topological polar surface area (TPSA) is 112 Å². The van der Waals surface area contributed by atoms with Crippen LogP contribution in [0.1, 0.15) is 11.1 Å². The van der Waals surface area contributed by atoms with Crippen molar-refractivity contribution in [2.45, 2.75) is 0 Å². The number of nitrogens with zero attached hydrogens (tertiary/aromatic N) is 1. The maximum atomic E-state index is 13.3. The Morgan fingerprint density at radius 1 is 0.784 bits per heavy atom. The molecule has 2 saturated heterocycles. The van der Waals surface area contributed by atoms with Gasteiger partial charge in [0.05, 0.1) is 10.6 Å². The molecule has 3 amide bonds. The quantitative estimate of drug-likeness (QED) is 0.257. The van der Waals surface area contributed by atoms with Gasteiger partial charge in [-0.05, 0) is 83.7 Å². The van der Waals surface area contributed by atoms with Crippen molar-refractivity contribution in [3.8, 4) is 11.5 Å². The van der Waals surface area contributed by atoms with Crippen LogP contribution in [-0.2, 0) is 14.4 Å². The first-order valence-electron chi connectivity index (χ1n) is 11.0. The summed E-state index contributed by atoms with van der Waals surface area (Å²) in [6.07, 6.45) is 3.16. The Bertz CT molecular complexity index is 1500. The Labute approximate surface area is 221 Å². The molecule has 5 rings (SSSR count). The summed E-state index contributed by atoms with van der Waals surface area (Å²) in [5.41, 5.74) is 1.79. The molecule has 0 atom stereocenters. The molecule has 0 spiro atoms. The van der Waals surface area contributed by atoms with E-state index in [-0.39, 0.29) is 21.8 Å². The van der Waals surface area contributed by atoms with E-state index in [1.807, 2.05) is 30.3 Å². The molecule has 0 radical (unpaired) electrons. The van der Waals surface area contributed by atoms with E-state index < -0.39 is 11.8 Å². The average molecular weight is 527 g/mol. The first-order valence-corrected chi connectivity index (χ1v) is 12.2. The first kappa shape index (κ1) is 24.2. The van der Waals surface area contributed by atoms with E-state index in [0.29, 0.717) is 27.7 Å². The number of thioether (sulfide) groups is 1. The number of hydrogen-bond acceptors (Lipinski definition) is 7. The summed E-state index contributed by atoms with van der Waals surface area (Å²) in [6.45, 7) is 0. The van der Waals surface area contributed by atoms with Crippen LogP contribution in [-0.4, -0.2) is 28.0 Å². The van der Waals surface area contributed by atoms with Gasteiger partial charge in [-0.15, -0.1) is 0 Å². The molecular weight excluding hydrogens is 508 g/mol. The minimum absolute atomic E-state index is 0.0104. The average Bonchev–Trinajstić information content (AvgIpc) is 3.20. The number of amidine groups is 1. The van der Waals surface area contributed by atoms with Gasteiger partial charge >= 0.3 is 0 Å². The third-order valence-electron chi connectivity index (χ3n) is 5.38. The smallest absolute Gasteiger partial charge is 0.270 e.